The van der Waals surface area contributed by atoms with Gasteiger partial charge in [-0.3, -0.25) is 9.59 Å². The maximum Gasteiger partial charge on any atom is 0.309 e. The Bertz CT molecular complexity index is 710. The molecule has 0 fully saturated rings. The van der Waals surface area contributed by atoms with E-state index in [0.29, 0.717) is 10.9 Å². The average Bonchev–Trinajstić information content (AvgIpc) is 2.38. The number of nitriles is 1. The summed E-state index contributed by atoms with van der Waals surface area (Å²) < 4.78 is 4.58. The molecule has 0 atom stereocenters. The van der Waals surface area contributed by atoms with E-state index in [4.69, 9.17) is 5.26 Å². The summed E-state index contributed by atoms with van der Waals surface area (Å²) in [6.07, 6.45) is 0.160. The van der Waals surface area contributed by atoms with Crippen LogP contribution in [0.1, 0.15) is 11.1 Å². The second-order valence-corrected chi connectivity index (χ2v) is 3.80. The second-order valence-electron chi connectivity index (χ2n) is 3.80. The Morgan fingerprint density at radius 3 is 2.89 bits per heavy atom. The molecular weight excluding hydrogens is 232 g/mol. The fourth-order valence-corrected chi connectivity index (χ4v) is 1.69. The van der Waals surface area contributed by atoms with Crippen molar-refractivity contribution in [2.75, 3.05) is 7.11 Å². The van der Waals surface area contributed by atoms with Gasteiger partial charge in [-0.05, 0) is 29.1 Å². The van der Waals surface area contributed by atoms with Gasteiger partial charge in [-0.1, -0.05) is 6.07 Å². The number of hydrogen-bond acceptors (Lipinski definition) is 4. The molecule has 0 saturated carbocycles. The summed E-state index contributed by atoms with van der Waals surface area (Å²) in [6, 6.07) is 8.53. The van der Waals surface area contributed by atoms with Crippen LogP contribution < -0.4 is 5.56 Å². The predicted molar refractivity (Wildman–Crippen MR) is 65.0 cm³/mol. The van der Waals surface area contributed by atoms with E-state index in [1.165, 1.54) is 13.2 Å². The number of aromatic nitrogens is 1. The number of ether oxygens (including phenoxy) is 1. The van der Waals surface area contributed by atoms with E-state index in [0.717, 1.165) is 5.56 Å². The number of esters is 1. The standard InChI is InChI=1S/C13H10N2O3/c1-18-12(16)5-8-2-3-11-9(4-8)6-10(7-14)13(17)15-11/h2-4,6H,5H2,1H3,(H,15,17). The average molecular weight is 242 g/mol. The van der Waals surface area contributed by atoms with E-state index in [1.807, 2.05) is 6.07 Å². The first-order valence-electron chi connectivity index (χ1n) is 5.27. The van der Waals surface area contributed by atoms with Crippen LogP contribution in [0, 0.1) is 11.3 Å². The molecule has 0 bridgehead atoms. The van der Waals surface area contributed by atoms with Crippen LogP contribution in [0.15, 0.2) is 29.1 Å². The van der Waals surface area contributed by atoms with Gasteiger partial charge in [0.05, 0.1) is 13.5 Å². The van der Waals surface area contributed by atoms with Crippen molar-refractivity contribution in [2.24, 2.45) is 0 Å². The minimum Gasteiger partial charge on any atom is -0.469 e. The molecule has 1 heterocycles. The molecule has 0 saturated heterocycles. The lowest BCUT2D eigenvalue weighted by Crippen LogP contribution is -2.10. The van der Waals surface area contributed by atoms with Gasteiger partial charge in [0.15, 0.2) is 0 Å². The molecule has 0 spiro atoms. The third-order valence-corrected chi connectivity index (χ3v) is 2.61. The molecule has 0 aliphatic carbocycles. The minimum absolute atomic E-state index is 0.0534. The van der Waals surface area contributed by atoms with Crippen molar-refractivity contribution in [3.63, 3.8) is 0 Å². The number of benzene rings is 1. The monoisotopic (exact) mass is 242 g/mol. The zero-order valence-corrected chi connectivity index (χ0v) is 9.69. The SMILES string of the molecule is COC(=O)Cc1ccc2[nH]c(=O)c(C#N)cc2c1. The summed E-state index contributed by atoms with van der Waals surface area (Å²) in [5.74, 6) is -0.334. The Labute approximate surface area is 103 Å². The van der Waals surface area contributed by atoms with Gasteiger partial charge in [0.1, 0.15) is 11.6 Å². The normalized spacial score (nSPS) is 10.0. The van der Waals surface area contributed by atoms with Crippen molar-refractivity contribution < 1.29 is 9.53 Å². The second kappa shape index (κ2) is 4.72. The van der Waals surface area contributed by atoms with Gasteiger partial charge in [0.2, 0.25) is 0 Å². The van der Waals surface area contributed by atoms with Crippen molar-refractivity contribution in [1.29, 1.82) is 5.26 Å². The fourth-order valence-electron chi connectivity index (χ4n) is 1.69. The van der Waals surface area contributed by atoms with Crippen LogP contribution in [0.3, 0.4) is 0 Å². The van der Waals surface area contributed by atoms with Crippen LogP contribution in [-0.4, -0.2) is 18.1 Å². The molecule has 90 valence electrons. The summed E-state index contributed by atoms with van der Waals surface area (Å²) in [4.78, 5) is 25.2. The summed E-state index contributed by atoms with van der Waals surface area (Å²) in [7, 11) is 1.33. The number of rotatable bonds is 2. The number of hydrogen-bond donors (Lipinski definition) is 1. The third kappa shape index (κ3) is 2.23. The molecule has 18 heavy (non-hydrogen) atoms. The molecule has 1 N–H and O–H groups in total. The lowest BCUT2D eigenvalue weighted by Gasteiger charge is -2.03. The van der Waals surface area contributed by atoms with Crippen LogP contribution in [0.5, 0.6) is 0 Å². The van der Waals surface area contributed by atoms with Gasteiger partial charge in [-0.25, -0.2) is 0 Å². The molecule has 0 unspecified atom stereocenters. The third-order valence-electron chi connectivity index (χ3n) is 2.61. The minimum atomic E-state index is -0.411. The van der Waals surface area contributed by atoms with E-state index in [1.54, 1.807) is 18.2 Å². The number of pyridine rings is 1. The van der Waals surface area contributed by atoms with Crippen LogP contribution in [0.2, 0.25) is 0 Å². The summed E-state index contributed by atoms with van der Waals surface area (Å²) in [5.41, 5.74) is 1.04. The van der Waals surface area contributed by atoms with Gasteiger partial charge in [0, 0.05) is 5.52 Å². The van der Waals surface area contributed by atoms with Crippen LogP contribution in [-0.2, 0) is 16.0 Å². The van der Waals surface area contributed by atoms with E-state index >= 15 is 0 Å². The molecule has 2 aromatic rings. The first-order valence-corrected chi connectivity index (χ1v) is 5.27. The molecule has 1 aromatic carbocycles. The maximum atomic E-state index is 11.4. The summed E-state index contributed by atoms with van der Waals surface area (Å²) in [5, 5.41) is 9.50. The number of aromatic amines is 1. The number of carbonyl (C=O) groups is 1. The number of carbonyl (C=O) groups excluding carboxylic acids is 1. The van der Waals surface area contributed by atoms with Crippen molar-refractivity contribution in [2.45, 2.75) is 6.42 Å². The molecule has 2 rings (SSSR count). The Morgan fingerprint density at radius 2 is 2.22 bits per heavy atom. The number of nitrogens with one attached hydrogen (secondary N) is 1. The summed E-state index contributed by atoms with van der Waals surface area (Å²) in [6.45, 7) is 0. The molecule has 0 radical (unpaired) electrons. The molecule has 5 nitrogen and oxygen atoms in total. The van der Waals surface area contributed by atoms with Gasteiger partial charge >= 0.3 is 5.97 Å². The molecule has 0 amide bonds. The Morgan fingerprint density at radius 1 is 1.44 bits per heavy atom. The highest BCUT2D eigenvalue weighted by molar-refractivity contribution is 5.82. The van der Waals surface area contributed by atoms with Crippen molar-refractivity contribution in [3.8, 4) is 6.07 Å². The predicted octanol–water partition coefficient (Wildman–Crippen LogP) is 1.12. The van der Waals surface area contributed by atoms with Gasteiger partial charge in [-0.15, -0.1) is 0 Å². The maximum absolute atomic E-state index is 11.4. The number of methoxy groups -OCH3 is 1. The molecular formula is C13H10N2O3. The van der Waals surface area contributed by atoms with E-state index in [9.17, 15) is 9.59 Å². The van der Waals surface area contributed by atoms with E-state index in [-0.39, 0.29) is 18.0 Å². The molecule has 5 heteroatoms. The lowest BCUT2D eigenvalue weighted by atomic mass is 10.1. The quantitative estimate of drug-likeness (QED) is 0.800. The van der Waals surface area contributed by atoms with Crippen LogP contribution >= 0.6 is 0 Å². The topological polar surface area (TPSA) is 83.0 Å². The summed E-state index contributed by atoms with van der Waals surface area (Å²) >= 11 is 0. The Kier molecular flexibility index (Phi) is 3.11. The Balaban J connectivity index is 2.51. The van der Waals surface area contributed by atoms with Gasteiger partial charge in [0.25, 0.3) is 5.56 Å². The van der Waals surface area contributed by atoms with E-state index in [2.05, 4.69) is 9.72 Å². The molecule has 0 aliphatic heterocycles. The smallest absolute Gasteiger partial charge is 0.309 e. The fraction of sp³-hybridized carbons (Fsp3) is 0.154. The Hall–Kier alpha value is -2.61. The van der Waals surface area contributed by atoms with Crippen LogP contribution in [0.4, 0.5) is 0 Å². The highest BCUT2D eigenvalue weighted by atomic mass is 16.5. The van der Waals surface area contributed by atoms with Gasteiger partial charge < -0.3 is 9.72 Å². The largest absolute Gasteiger partial charge is 0.469 e. The van der Waals surface area contributed by atoms with Crippen LogP contribution in [0.25, 0.3) is 10.9 Å². The van der Waals surface area contributed by atoms with Crippen molar-refractivity contribution in [3.05, 3.63) is 45.7 Å². The van der Waals surface area contributed by atoms with Crippen molar-refractivity contribution >= 4 is 16.9 Å². The zero-order chi connectivity index (χ0) is 13.1. The first-order chi connectivity index (χ1) is 8.63. The van der Waals surface area contributed by atoms with Gasteiger partial charge in [-0.2, -0.15) is 5.26 Å². The number of nitrogens with zero attached hydrogens (tertiary/aromatic N) is 1. The lowest BCUT2D eigenvalue weighted by molar-refractivity contribution is -0.139. The van der Waals surface area contributed by atoms with Crippen molar-refractivity contribution in [1.82, 2.24) is 4.98 Å². The highest BCUT2D eigenvalue weighted by Crippen LogP contribution is 2.14. The van der Waals surface area contributed by atoms with E-state index < -0.39 is 5.56 Å². The zero-order valence-electron chi connectivity index (χ0n) is 9.69. The number of fused-ring (bicyclic) bond motifs is 1. The molecule has 1 aromatic heterocycles. The molecule has 0 aliphatic rings. The highest BCUT2D eigenvalue weighted by Gasteiger charge is 2.06. The number of H-pyrrole nitrogens is 1. The first kappa shape index (κ1) is 11.9.